The van der Waals surface area contributed by atoms with E-state index in [4.69, 9.17) is 0 Å². The fourth-order valence-corrected chi connectivity index (χ4v) is 3.48. The second-order valence-electron chi connectivity index (χ2n) is 7.00. The van der Waals surface area contributed by atoms with Gasteiger partial charge in [-0.05, 0) is 51.0 Å². The molecule has 3 heteroatoms. The zero-order chi connectivity index (χ0) is 12.7. The van der Waals surface area contributed by atoms with Gasteiger partial charge in [-0.25, -0.2) is 0 Å². The number of rotatable bonds is 2. The maximum atomic E-state index is 11.3. The third kappa shape index (κ3) is 2.65. The first kappa shape index (κ1) is 12.9. The minimum Gasteiger partial charge on any atom is -0.481 e. The minimum atomic E-state index is -0.626. The van der Waals surface area contributed by atoms with Crippen molar-refractivity contribution in [3.05, 3.63) is 0 Å². The molecule has 2 aliphatic rings. The Morgan fingerprint density at radius 3 is 2.53 bits per heavy atom. The van der Waals surface area contributed by atoms with Gasteiger partial charge in [-0.15, -0.1) is 0 Å². The van der Waals surface area contributed by atoms with Crippen molar-refractivity contribution in [3.63, 3.8) is 0 Å². The molecular weight excluding hydrogens is 214 g/mol. The maximum absolute atomic E-state index is 11.3. The average molecular weight is 239 g/mol. The van der Waals surface area contributed by atoms with Gasteiger partial charge in [-0.2, -0.15) is 0 Å². The van der Waals surface area contributed by atoms with Crippen molar-refractivity contribution in [2.75, 3.05) is 13.1 Å². The quantitative estimate of drug-likeness (QED) is 0.805. The zero-order valence-corrected chi connectivity index (χ0v) is 11.3. The molecule has 0 aromatic rings. The number of likely N-dealkylation sites (tertiary alicyclic amines) is 1. The monoisotopic (exact) mass is 239 g/mol. The molecule has 1 saturated carbocycles. The molecule has 98 valence electrons. The number of nitrogens with zero attached hydrogens (tertiary/aromatic N) is 1. The van der Waals surface area contributed by atoms with Crippen LogP contribution in [0.1, 0.15) is 52.9 Å². The summed E-state index contributed by atoms with van der Waals surface area (Å²) in [6.45, 7) is 8.38. The zero-order valence-electron chi connectivity index (χ0n) is 11.3. The van der Waals surface area contributed by atoms with E-state index in [1.54, 1.807) is 0 Å². The van der Waals surface area contributed by atoms with Gasteiger partial charge in [0.15, 0.2) is 0 Å². The first-order valence-electron chi connectivity index (χ1n) is 6.80. The molecule has 2 fully saturated rings. The van der Waals surface area contributed by atoms with Crippen molar-refractivity contribution in [3.8, 4) is 0 Å². The molecule has 1 heterocycles. The Bertz CT molecular complexity index is 313. The Balaban J connectivity index is 2.01. The van der Waals surface area contributed by atoms with Crippen LogP contribution in [0.2, 0.25) is 0 Å². The van der Waals surface area contributed by atoms with Crippen molar-refractivity contribution in [2.45, 2.75) is 58.9 Å². The molecule has 17 heavy (non-hydrogen) atoms. The van der Waals surface area contributed by atoms with E-state index < -0.39 is 11.4 Å². The van der Waals surface area contributed by atoms with Gasteiger partial charge >= 0.3 is 5.97 Å². The van der Waals surface area contributed by atoms with Crippen LogP contribution in [0.15, 0.2) is 0 Å². The van der Waals surface area contributed by atoms with Gasteiger partial charge in [-0.3, -0.25) is 9.69 Å². The molecule has 1 N–H and O–H groups in total. The lowest BCUT2D eigenvalue weighted by Crippen LogP contribution is -2.49. The van der Waals surface area contributed by atoms with Crippen molar-refractivity contribution in [2.24, 2.45) is 10.8 Å². The first-order chi connectivity index (χ1) is 7.82. The number of aliphatic carboxylic acids is 1. The highest BCUT2D eigenvalue weighted by atomic mass is 16.4. The van der Waals surface area contributed by atoms with E-state index in [0.29, 0.717) is 11.5 Å². The van der Waals surface area contributed by atoms with Crippen LogP contribution < -0.4 is 0 Å². The van der Waals surface area contributed by atoms with Gasteiger partial charge in [-0.1, -0.05) is 13.8 Å². The van der Waals surface area contributed by atoms with Crippen LogP contribution in [-0.4, -0.2) is 35.1 Å². The number of piperidine rings is 1. The molecular formula is C14H25NO2. The molecule has 0 aromatic carbocycles. The molecule has 0 bridgehead atoms. The lowest BCUT2D eigenvalue weighted by molar-refractivity contribution is -0.151. The van der Waals surface area contributed by atoms with Gasteiger partial charge in [0.05, 0.1) is 5.41 Å². The maximum Gasteiger partial charge on any atom is 0.310 e. The summed E-state index contributed by atoms with van der Waals surface area (Å²) >= 11 is 0. The summed E-state index contributed by atoms with van der Waals surface area (Å²) in [5, 5.41) is 9.33. The number of hydrogen-bond donors (Lipinski definition) is 1. The van der Waals surface area contributed by atoms with Crippen LogP contribution in [0, 0.1) is 10.8 Å². The van der Waals surface area contributed by atoms with Crippen LogP contribution in [0.25, 0.3) is 0 Å². The second-order valence-corrected chi connectivity index (χ2v) is 7.00. The van der Waals surface area contributed by atoms with E-state index in [0.717, 1.165) is 25.9 Å². The Hall–Kier alpha value is -0.570. The highest BCUT2D eigenvalue weighted by Crippen LogP contribution is 2.41. The summed E-state index contributed by atoms with van der Waals surface area (Å²) in [4.78, 5) is 13.8. The van der Waals surface area contributed by atoms with Crippen molar-refractivity contribution >= 4 is 5.97 Å². The average Bonchev–Trinajstić information content (AvgIpc) is 2.59. The molecule has 1 aliphatic carbocycles. The fraction of sp³-hybridized carbons (Fsp3) is 0.929. The number of carboxylic acid groups (broad SMARTS) is 1. The molecule has 1 saturated heterocycles. The molecule has 2 unspecified atom stereocenters. The van der Waals surface area contributed by atoms with Gasteiger partial charge in [0.1, 0.15) is 0 Å². The van der Waals surface area contributed by atoms with Gasteiger partial charge < -0.3 is 5.11 Å². The van der Waals surface area contributed by atoms with E-state index >= 15 is 0 Å². The second kappa shape index (κ2) is 4.27. The summed E-state index contributed by atoms with van der Waals surface area (Å²) in [6.07, 6.45) is 5.60. The predicted molar refractivity (Wildman–Crippen MR) is 68.0 cm³/mol. The summed E-state index contributed by atoms with van der Waals surface area (Å²) in [7, 11) is 0. The summed E-state index contributed by atoms with van der Waals surface area (Å²) < 4.78 is 0. The third-order valence-electron chi connectivity index (χ3n) is 4.70. The molecule has 2 atom stereocenters. The van der Waals surface area contributed by atoms with E-state index in [-0.39, 0.29) is 0 Å². The van der Waals surface area contributed by atoms with Crippen molar-refractivity contribution < 1.29 is 9.90 Å². The normalized spacial score (nSPS) is 38.2. The Morgan fingerprint density at radius 1 is 1.29 bits per heavy atom. The summed E-state index contributed by atoms with van der Waals surface area (Å²) in [6, 6.07) is 0.615. The van der Waals surface area contributed by atoms with Crippen LogP contribution in [0.3, 0.4) is 0 Å². The van der Waals surface area contributed by atoms with Crippen LogP contribution in [-0.2, 0) is 4.79 Å². The molecule has 0 aromatic heterocycles. The van der Waals surface area contributed by atoms with Crippen LogP contribution in [0.5, 0.6) is 0 Å². The molecule has 0 spiro atoms. The van der Waals surface area contributed by atoms with E-state index in [1.807, 2.05) is 6.92 Å². The number of carboxylic acids is 1. The topological polar surface area (TPSA) is 40.5 Å². The van der Waals surface area contributed by atoms with E-state index in [9.17, 15) is 9.90 Å². The van der Waals surface area contributed by atoms with Crippen LogP contribution in [0.4, 0.5) is 0 Å². The smallest absolute Gasteiger partial charge is 0.310 e. The Morgan fingerprint density at radius 2 is 2.00 bits per heavy atom. The van der Waals surface area contributed by atoms with Crippen LogP contribution >= 0.6 is 0 Å². The molecule has 0 radical (unpaired) electrons. The standard InChI is InChI=1S/C14H25NO2/c1-13(2)7-5-11(9-13)15-8-4-6-14(3,10-15)12(16)17/h11H,4-10H2,1-3H3,(H,16,17). The van der Waals surface area contributed by atoms with E-state index in [2.05, 4.69) is 18.7 Å². The Kier molecular flexibility index (Phi) is 3.23. The number of hydrogen-bond acceptors (Lipinski definition) is 2. The highest BCUT2D eigenvalue weighted by Gasteiger charge is 2.42. The van der Waals surface area contributed by atoms with Crippen molar-refractivity contribution in [1.82, 2.24) is 4.90 Å². The lowest BCUT2D eigenvalue weighted by Gasteiger charge is -2.41. The van der Waals surface area contributed by atoms with Gasteiger partial charge in [0, 0.05) is 12.6 Å². The predicted octanol–water partition coefficient (Wildman–Crippen LogP) is 2.75. The molecule has 3 nitrogen and oxygen atoms in total. The molecule has 2 rings (SSSR count). The molecule has 0 amide bonds. The minimum absolute atomic E-state index is 0.446. The summed E-state index contributed by atoms with van der Waals surface area (Å²) in [5.74, 6) is -0.626. The number of carbonyl (C=O) groups is 1. The third-order valence-corrected chi connectivity index (χ3v) is 4.70. The lowest BCUT2D eigenvalue weighted by atomic mass is 9.81. The molecule has 1 aliphatic heterocycles. The van der Waals surface area contributed by atoms with Gasteiger partial charge in [0.2, 0.25) is 0 Å². The highest BCUT2D eigenvalue weighted by molar-refractivity contribution is 5.74. The fourth-order valence-electron chi connectivity index (χ4n) is 3.48. The largest absolute Gasteiger partial charge is 0.481 e. The SMILES string of the molecule is CC1(C)CCC(N2CCCC(C)(C(=O)O)C2)C1. The van der Waals surface area contributed by atoms with Crippen molar-refractivity contribution in [1.29, 1.82) is 0 Å². The van der Waals surface area contributed by atoms with Gasteiger partial charge in [0.25, 0.3) is 0 Å². The summed E-state index contributed by atoms with van der Waals surface area (Å²) in [5.41, 5.74) is -0.0767. The first-order valence-corrected chi connectivity index (χ1v) is 6.80. The van der Waals surface area contributed by atoms with E-state index in [1.165, 1.54) is 19.3 Å². The Labute approximate surface area is 104 Å².